The Kier molecular flexibility index (Phi) is 5.27. The van der Waals surface area contributed by atoms with Gasteiger partial charge >= 0.3 is 5.69 Å². The van der Waals surface area contributed by atoms with Gasteiger partial charge in [0, 0.05) is 17.7 Å². The number of anilines is 1. The predicted molar refractivity (Wildman–Crippen MR) is 113 cm³/mol. The topological polar surface area (TPSA) is 128 Å². The van der Waals surface area contributed by atoms with Gasteiger partial charge in [0.2, 0.25) is 6.41 Å². The van der Waals surface area contributed by atoms with Crippen LogP contribution in [0.25, 0.3) is 22.6 Å². The predicted octanol–water partition coefficient (Wildman–Crippen LogP) is 1.87. The minimum Gasteiger partial charge on any atom is -0.496 e. The van der Waals surface area contributed by atoms with E-state index in [2.05, 4.69) is 20.3 Å². The number of hydrogen-bond acceptors (Lipinski definition) is 6. The maximum atomic E-state index is 12.7. The standard InChI is InChI=1S/C21H20N6O3/c1-30-16-8-3-2-6-15(16)11-27-20-17(24-21(27)29)19(23-12-28)25-18(26-20)14-7-4-5-13(9-14)10-22/h2-9,12H,10-11,22H2,1H3,(H,24,29)(H,23,25,26,28). The van der Waals surface area contributed by atoms with E-state index in [4.69, 9.17) is 10.5 Å². The molecule has 0 atom stereocenters. The van der Waals surface area contributed by atoms with Crippen LogP contribution in [0.5, 0.6) is 5.75 Å². The Balaban J connectivity index is 1.91. The molecule has 2 aromatic heterocycles. The molecule has 9 heteroatoms. The van der Waals surface area contributed by atoms with Gasteiger partial charge < -0.3 is 20.8 Å². The van der Waals surface area contributed by atoms with Crippen molar-refractivity contribution < 1.29 is 9.53 Å². The largest absolute Gasteiger partial charge is 0.496 e. The molecular weight excluding hydrogens is 384 g/mol. The van der Waals surface area contributed by atoms with Crippen LogP contribution < -0.4 is 21.5 Å². The number of nitrogens with two attached hydrogens (primary N) is 1. The number of aromatic amines is 1. The summed E-state index contributed by atoms with van der Waals surface area (Å²) >= 11 is 0. The molecule has 0 aliphatic heterocycles. The number of fused-ring (bicyclic) bond motifs is 1. The molecule has 4 N–H and O–H groups in total. The van der Waals surface area contributed by atoms with Gasteiger partial charge in [0.1, 0.15) is 11.3 Å². The summed E-state index contributed by atoms with van der Waals surface area (Å²) in [5, 5.41) is 2.55. The van der Waals surface area contributed by atoms with Crippen LogP contribution in [0.15, 0.2) is 53.3 Å². The molecule has 0 radical (unpaired) electrons. The molecule has 4 aromatic rings. The SMILES string of the molecule is COc1ccccc1Cn1c(=O)[nH]c2c(NC=O)nc(-c3cccc(CN)c3)nc21. The Hall–Kier alpha value is -3.98. The summed E-state index contributed by atoms with van der Waals surface area (Å²) in [4.78, 5) is 35.6. The van der Waals surface area contributed by atoms with Crippen molar-refractivity contribution in [2.75, 3.05) is 12.4 Å². The van der Waals surface area contributed by atoms with Gasteiger partial charge in [-0.15, -0.1) is 0 Å². The number of aromatic nitrogens is 4. The van der Waals surface area contributed by atoms with E-state index >= 15 is 0 Å². The Morgan fingerprint density at radius 3 is 2.80 bits per heavy atom. The van der Waals surface area contributed by atoms with Crippen molar-refractivity contribution in [1.82, 2.24) is 19.5 Å². The van der Waals surface area contributed by atoms with Gasteiger partial charge in [0.05, 0.1) is 13.7 Å². The number of ether oxygens (including phenoxy) is 1. The first-order valence-electron chi connectivity index (χ1n) is 9.26. The average Bonchev–Trinajstić information content (AvgIpc) is 3.10. The van der Waals surface area contributed by atoms with Crippen LogP contribution in [0.2, 0.25) is 0 Å². The Morgan fingerprint density at radius 2 is 2.03 bits per heavy atom. The van der Waals surface area contributed by atoms with E-state index in [9.17, 15) is 9.59 Å². The minimum atomic E-state index is -0.369. The lowest BCUT2D eigenvalue weighted by atomic mass is 10.1. The number of amides is 1. The van der Waals surface area contributed by atoms with Crippen molar-refractivity contribution in [1.29, 1.82) is 0 Å². The van der Waals surface area contributed by atoms with Gasteiger partial charge in [-0.1, -0.05) is 36.4 Å². The smallest absolute Gasteiger partial charge is 0.328 e. The molecule has 0 saturated heterocycles. The summed E-state index contributed by atoms with van der Waals surface area (Å²) in [6, 6.07) is 14.9. The molecule has 2 aromatic carbocycles. The van der Waals surface area contributed by atoms with Gasteiger partial charge in [0.25, 0.3) is 0 Å². The minimum absolute atomic E-state index is 0.221. The van der Waals surface area contributed by atoms with Gasteiger partial charge in [0.15, 0.2) is 17.3 Å². The molecule has 0 unspecified atom stereocenters. The van der Waals surface area contributed by atoms with E-state index in [0.717, 1.165) is 16.7 Å². The third kappa shape index (κ3) is 3.53. The Morgan fingerprint density at radius 1 is 1.20 bits per heavy atom. The van der Waals surface area contributed by atoms with Crippen molar-refractivity contribution in [3.8, 4) is 17.1 Å². The first-order chi connectivity index (χ1) is 14.6. The Bertz CT molecular complexity index is 1280. The number of benzene rings is 2. The summed E-state index contributed by atoms with van der Waals surface area (Å²) in [5.74, 6) is 1.25. The quantitative estimate of drug-likeness (QED) is 0.404. The number of H-pyrrole nitrogens is 1. The van der Waals surface area contributed by atoms with Crippen LogP contribution in [-0.4, -0.2) is 33.0 Å². The number of para-hydroxylation sites is 1. The maximum absolute atomic E-state index is 12.7. The van der Waals surface area contributed by atoms with E-state index in [1.54, 1.807) is 7.11 Å². The molecule has 1 amide bonds. The monoisotopic (exact) mass is 404 g/mol. The molecule has 0 fully saturated rings. The maximum Gasteiger partial charge on any atom is 0.328 e. The second-order valence-corrected chi connectivity index (χ2v) is 6.59. The highest BCUT2D eigenvalue weighted by molar-refractivity contribution is 5.90. The zero-order valence-corrected chi connectivity index (χ0v) is 16.3. The number of nitrogens with zero attached hydrogens (tertiary/aromatic N) is 3. The summed E-state index contributed by atoms with van der Waals surface area (Å²) in [6.07, 6.45) is 0.512. The number of carbonyl (C=O) groups is 1. The summed E-state index contributed by atoms with van der Waals surface area (Å²) in [6.45, 7) is 0.612. The fourth-order valence-corrected chi connectivity index (χ4v) is 3.31. The van der Waals surface area contributed by atoms with Crippen molar-refractivity contribution >= 4 is 23.4 Å². The molecule has 0 bridgehead atoms. The summed E-state index contributed by atoms with van der Waals surface area (Å²) in [7, 11) is 1.58. The fourth-order valence-electron chi connectivity index (χ4n) is 3.31. The number of imidazole rings is 1. The molecular formula is C21H20N6O3. The lowest BCUT2D eigenvalue weighted by molar-refractivity contribution is -0.105. The van der Waals surface area contributed by atoms with Crippen molar-refractivity contribution in [3.63, 3.8) is 0 Å². The number of methoxy groups -OCH3 is 1. The molecule has 0 aliphatic rings. The van der Waals surface area contributed by atoms with Crippen LogP contribution in [-0.2, 0) is 17.9 Å². The first-order valence-corrected chi connectivity index (χ1v) is 9.26. The van der Waals surface area contributed by atoms with E-state index in [-0.39, 0.29) is 18.1 Å². The number of hydrogen-bond donors (Lipinski definition) is 3. The summed E-state index contributed by atoms with van der Waals surface area (Å²) < 4.78 is 6.89. The van der Waals surface area contributed by atoms with E-state index < -0.39 is 0 Å². The van der Waals surface area contributed by atoms with E-state index in [1.165, 1.54) is 4.57 Å². The first kappa shape index (κ1) is 19.3. The highest BCUT2D eigenvalue weighted by Crippen LogP contribution is 2.25. The zero-order valence-electron chi connectivity index (χ0n) is 16.3. The summed E-state index contributed by atoms with van der Waals surface area (Å²) in [5.41, 5.74) is 8.56. The van der Waals surface area contributed by atoms with Gasteiger partial charge in [-0.25, -0.2) is 14.8 Å². The normalized spacial score (nSPS) is 10.9. The molecule has 0 saturated carbocycles. The molecule has 152 valence electrons. The van der Waals surface area contributed by atoms with Crippen LogP contribution >= 0.6 is 0 Å². The van der Waals surface area contributed by atoms with E-state index in [0.29, 0.717) is 35.7 Å². The highest BCUT2D eigenvalue weighted by Gasteiger charge is 2.17. The molecule has 4 rings (SSSR count). The van der Waals surface area contributed by atoms with Crippen LogP contribution in [0, 0.1) is 0 Å². The van der Waals surface area contributed by atoms with Crippen molar-refractivity contribution in [2.24, 2.45) is 5.73 Å². The van der Waals surface area contributed by atoms with Crippen LogP contribution in [0.3, 0.4) is 0 Å². The molecule has 0 spiro atoms. The molecule has 2 heterocycles. The van der Waals surface area contributed by atoms with E-state index in [1.807, 2.05) is 48.5 Å². The lowest BCUT2D eigenvalue weighted by Crippen LogP contribution is -2.18. The number of carbonyl (C=O) groups excluding carboxylic acids is 1. The third-order valence-corrected chi connectivity index (χ3v) is 4.76. The number of nitrogens with one attached hydrogen (secondary N) is 2. The highest BCUT2D eigenvalue weighted by atomic mass is 16.5. The van der Waals surface area contributed by atoms with Gasteiger partial charge in [-0.3, -0.25) is 9.36 Å². The number of rotatable bonds is 7. The fraction of sp³-hybridized carbons (Fsp3) is 0.143. The zero-order chi connectivity index (χ0) is 21.1. The average molecular weight is 404 g/mol. The van der Waals surface area contributed by atoms with Crippen molar-refractivity contribution in [3.05, 3.63) is 70.1 Å². The molecule has 0 aliphatic carbocycles. The Labute approximate surface area is 171 Å². The second kappa shape index (κ2) is 8.18. The van der Waals surface area contributed by atoms with Crippen LogP contribution in [0.4, 0.5) is 5.82 Å². The third-order valence-electron chi connectivity index (χ3n) is 4.76. The van der Waals surface area contributed by atoms with Gasteiger partial charge in [-0.05, 0) is 17.7 Å². The molecule has 30 heavy (non-hydrogen) atoms. The van der Waals surface area contributed by atoms with Gasteiger partial charge in [-0.2, -0.15) is 0 Å². The van der Waals surface area contributed by atoms with Crippen LogP contribution in [0.1, 0.15) is 11.1 Å². The van der Waals surface area contributed by atoms with Crippen molar-refractivity contribution in [2.45, 2.75) is 13.1 Å². The lowest BCUT2D eigenvalue weighted by Gasteiger charge is -2.10. The second-order valence-electron chi connectivity index (χ2n) is 6.59. The molecule has 9 nitrogen and oxygen atoms in total.